The van der Waals surface area contributed by atoms with Gasteiger partial charge in [-0.3, -0.25) is 10.0 Å². The number of hydrogen-bond acceptors (Lipinski definition) is 6. The molecule has 2 fully saturated rings. The highest BCUT2D eigenvalue weighted by Gasteiger charge is 2.58. The number of hydroxylamine groups is 1. The van der Waals surface area contributed by atoms with Crippen LogP contribution in [0.5, 0.6) is 0 Å². The minimum atomic E-state index is -0.895. The van der Waals surface area contributed by atoms with Gasteiger partial charge in [0, 0.05) is 25.5 Å². The van der Waals surface area contributed by atoms with Gasteiger partial charge in [0.25, 0.3) is 5.91 Å². The number of piperazine rings is 1. The van der Waals surface area contributed by atoms with Crippen molar-refractivity contribution in [2.45, 2.75) is 31.8 Å². The van der Waals surface area contributed by atoms with Gasteiger partial charge >= 0.3 is 6.09 Å². The monoisotopic (exact) mass is 321 g/mol. The highest BCUT2D eigenvalue weighted by molar-refractivity contribution is 5.92. The fourth-order valence-corrected chi connectivity index (χ4v) is 3.64. The molecule has 2 aliphatic rings. The van der Waals surface area contributed by atoms with Crippen molar-refractivity contribution in [3.63, 3.8) is 0 Å². The summed E-state index contributed by atoms with van der Waals surface area (Å²) < 4.78 is 0. The van der Waals surface area contributed by atoms with Gasteiger partial charge in [0.2, 0.25) is 5.95 Å². The molecule has 9 heteroatoms. The zero-order valence-electron chi connectivity index (χ0n) is 12.9. The summed E-state index contributed by atoms with van der Waals surface area (Å²) in [7, 11) is 0. The smallest absolute Gasteiger partial charge is 0.407 e. The van der Waals surface area contributed by atoms with Gasteiger partial charge in [0.1, 0.15) is 0 Å². The number of aromatic nitrogens is 2. The molecule has 0 aromatic carbocycles. The maximum Gasteiger partial charge on any atom is 0.407 e. The van der Waals surface area contributed by atoms with E-state index >= 15 is 0 Å². The Morgan fingerprint density at radius 3 is 2.57 bits per heavy atom. The average molecular weight is 321 g/mol. The van der Waals surface area contributed by atoms with Crippen molar-refractivity contribution in [2.24, 2.45) is 5.92 Å². The molecule has 0 saturated carbocycles. The summed E-state index contributed by atoms with van der Waals surface area (Å²) in [5, 5.41) is 17.9. The molecule has 23 heavy (non-hydrogen) atoms. The number of amides is 2. The van der Waals surface area contributed by atoms with E-state index in [1.807, 2.05) is 4.90 Å². The lowest BCUT2D eigenvalue weighted by Crippen LogP contribution is -2.58. The van der Waals surface area contributed by atoms with Crippen molar-refractivity contribution in [1.82, 2.24) is 20.3 Å². The number of carbonyl (C=O) groups excluding carboxylic acids is 1. The Kier molecular flexibility index (Phi) is 3.59. The van der Waals surface area contributed by atoms with Gasteiger partial charge in [-0.2, -0.15) is 0 Å². The van der Waals surface area contributed by atoms with Crippen LogP contribution in [0.25, 0.3) is 0 Å². The molecule has 9 nitrogen and oxygen atoms in total. The van der Waals surface area contributed by atoms with Crippen LogP contribution in [0.15, 0.2) is 12.4 Å². The van der Waals surface area contributed by atoms with Gasteiger partial charge in [-0.1, -0.05) is 13.8 Å². The topological polar surface area (TPSA) is 119 Å². The first-order valence-electron chi connectivity index (χ1n) is 7.42. The summed E-state index contributed by atoms with van der Waals surface area (Å²) in [5.74, 6) is 0.0247. The van der Waals surface area contributed by atoms with E-state index < -0.39 is 12.0 Å². The molecule has 3 heterocycles. The van der Waals surface area contributed by atoms with E-state index in [2.05, 4.69) is 23.8 Å². The third-order valence-electron chi connectivity index (χ3n) is 4.97. The van der Waals surface area contributed by atoms with Gasteiger partial charge in [-0.15, -0.1) is 0 Å². The lowest BCUT2D eigenvalue weighted by molar-refractivity contribution is 0.0705. The van der Waals surface area contributed by atoms with E-state index in [0.717, 1.165) is 6.42 Å². The molecular weight excluding hydrogens is 302 g/mol. The number of hydrogen-bond donors (Lipinski definition) is 3. The minimum absolute atomic E-state index is 0.0704. The minimum Gasteiger partial charge on any atom is -0.465 e. The fourth-order valence-electron chi connectivity index (χ4n) is 3.64. The van der Waals surface area contributed by atoms with Crippen molar-refractivity contribution >= 4 is 17.9 Å². The van der Waals surface area contributed by atoms with Crippen molar-refractivity contribution in [3.05, 3.63) is 18.0 Å². The SMILES string of the molecule is CC(C)C12C[C@@H](CN1c1ncc(C(=O)NO)cn1)N(C(=O)O)C2. The molecule has 1 aromatic rings. The van der Waals surface area contributed by atoms with E-state index in [1.54, 1.807) is 0 Å². The molecule has 2 atom stereocenters. The third-order valence-corrected chi connectivity index (χ3v) is 4.97. The second kappa shape index (κ2) is 5.34. The van der Waals surface area contributed by atoms with Gasteiger partial charge in [0.05, 0.1) is 17.1 Å². The Morgan fingerprint density at radius 1 is 1.39 bits per heavy atom. The van der Waals surface area contributed by atoms with Crippen molar-refractivity contribution in [1.29, 1.82) is 0 Å². The number of rotatable bonds is 3. The zero-order chi connectivity index (χ0) is 16.8. The lowest BCUT2D eigenvalue weighted by Gasteiger charge is -2.44. The van der Waals surface area contributed by atoms with Crippen LogP contribution in [0.3, 0.4) is 0 Å². The molecule has 2 bridgehead atoms. The molecule has 1 aromatic heterocycles. The molecule has 2 saturated heterocycles. The highest BCUT2D eigenvalue weighted by atomic mass is 16.5. The predicted octanol–water partition coefficient (Wildman–Crippen LogP) is 0.563. The second-order valence-electron chi connectivity index (χ2n) is 6.35. The molecule has 1 unspecified atom stereocenters. The fraction of sp³-hybridized carbons (Fsp3) is 0.571. The van der Waals surface area contributed by atoms with Crippen molar-refractivity contribution < 1.29 is 19.9 Å². The largest absolute Gasteiger partial charge is 0.465 e. The summed E-state index contributed by atoms with van der Waals surface area (Å²) in [6.07, 6.45) is 2.55. The summed E-state index contributed by atoms with van der Waals surface area (Å²) >= 11 is 0. The molecule has 2 aliphatic heterocycles. The average Bonchev–Trinajstić information content (AvgIpc) is 3.11. The Morgan fingerprint density at radius 2 is 2.04 bits per heavy atom. The van der Waals surface area contributed by atoms with Crippen molar-refractivity contribution in [3.8, 4) is 0 Å². The van der Waals surface area contributed by atoms with E-state index in [9.17, 15) is 14.7 Å². The first-order chi connectivity index (χ1) is 10.9. The van der Waals surface area contributed by atoms with Crippen LogP contribution in [-0.2, 0) is 0 Å². The molecule has 0 radical (unpaired) electrons. The van der Waals surface area contributed by atoms with Crippen LogP contribution in [0.1, 0.15) is 30.6 Å². The number of likely N-dealkylation sites (tertiary alicyclic amines) is 1. The van der Waals surface area contributed by atoms with Crippen molar-refractivity contribution in [2.75, 3.05) is 18.0 Å². The second-order valence-corrected chi connectivity index (χ2v) is 6.35. The van der Waals surface area contributed by atoms with E-state index in [4.69, 9.17) is 5.21 Å². The van der Waals surface area contributed by atoms with Gasteiger partial charge < -0.3 is 14.9 Å². The Hall–Kier alpha value is -2.42. The molecule has 0 spiro atoms. The number of nitrogens with zero attached hydrogens (tertiary/aromatic N) is 4. The maximum atomic E-state index is 11.4. The standard InChI is InChI=1S/C14H19N5O4/c1-8(2)14-3-10(18(7-14)13(21)22)6-19(14)12-15-4-9(5-16-12)11(20)17-23/h4-5,8,10,23H,3,6-7H2,1-2H3,(H,17,20)(H,21,22)/t10-,14?/m0/s1. The lowest BCUT2D eigenvalue weighted by atomic mass is 9.85. The maximum absolute atomic E-state index is 11.4. The third kappa shape index (κ3) is 2.27. The summed E-state index contributed by atoms with van der Waals surface area (Å²) in [6, 6.07) is -0.0704. The van der Waals surface area contributed by atoms with Crippen LogP contribution in [0.2, 0.25) is 0 Å². The van der Waals surface area contributed by atoms with Crippen LogP contribution in [0, 0.1) is 5.92 Å². The molecule has 2 amide bonds. The van der Waals surface area contributed by atoms with Gasteiger partial charge in [-0.05, 0) is 12.3 Å². The molecule has 3 N–H and O–H groups in total. The Labute approximate surface area is 132 Å². The van der Waals surface area contributed by atoms with E-state index in [-0.39, 0.29) is 23.1 Å². The number of carbonyl (C=O) groups is 2. The zero-order valence-corrected chi connectivity index (χ0v) is 12.9. The predicted molar refractivity (Wildman–Crippen MR) is 79.3 cm³/mol. The molecule has 0 aliphatic carbocycles. The first kappa shape index (κ1) is 15.5. The number of carboxylic acid groups (broad SMARTS) is 1. The number of anilines is 1. The number of nitrogens with one attached hydrogen (secondary N) is 1. The normalized spacial score (nSPS) is 26.0. The molecule has 124 valence electrons. The Balaban J connectivity index is 1.89. The van der Waals surface area contributed by atoms with Crippen LogP contribution < -0.4 is 10.4 Å². The van der Waals surface area contributed by atoms with Crippen LogP contribution >= 0.6 is 0 Å². The highest BCUT2D eigenvalue weighted by Crippen LogP contribution is 2.45. The van der Waals surface area contributed by atoms with Gasteiger partial charge in [0.15, 0.2) is 0 Å². The van der Waals surface area contributed by atoms with E-state index in [0.29, 0.717) is 19.0 Å². The summed E-state index contributed by atoms with van der Waals surface area (Å²) in [5.41, 5.74) is 1.37. The first-order valence-corrected chi connectivity index (χ1v) is 7.42. The summed E-state index contributed by atoms with van der Waals surface area (Å²) in [4.78, 5) is 34.7. The van der Waals surface area contributed by atoms with Gasteiger partial charge in [-0.25, -0.2) is 20.2 Å². The summed E-state index contributed by atoms with van der Waals surface area (Å²) in [6.45, 7) is 5.09. The molecule has 3 rings (SSSR count). The Bertz CT molecular complexity index is 635. The van der Waals surface area contributed by atoms with Crippen LogP contribution in [-0.4, -0.2) is 61.9 Å². The van der Waals surface area contributed by atoms with E-state index in [1.165, 1.54) is 22.8 Å². The van der Waals surface area contributed by atoms with Crippen LogP contribution in [0.4, 0.5) is 10.7 Å². The number of fused-ring (bicyclic) bond motifs is 2. The quantitative estimate of drug-likeness (QED) is 0.550. The molecular formula is C14H19N5O4.